The van der Waals surface area contributed by atoms with Crippen molar-refractivity contribution in [3.8, 4) is 11.3 Å². The average Bonchev–Trinajstić information content (AvgIpc) is 3.14. The van der Waals surface area contributed by atoms with Crippen LogP contribution in [0.25, 0.3) is 11.3 Å². The second kappa shape index (κ2) is 7.00. The van der Waals surface area contributed by atoms with Crippen LogP contribution >= 0.6 is 0 Å². The van der Waals surface area contributed by atoms with Gasteiger partial charge in [0.25, 0.3) is 11.5 Å². The first kappa shape index (κ1) is 17.7. The molecular weight excluding hydrogens is 328 g/mol. The number of carbonyl (C=O) groups is 1. The molecule has 0 aliphatic rings. The number of nitrogens with zero attached hydrogens (tertiary/aromatic N) is 2. The lowest BCUT2D eigenvalue weighted by Gasteiger charge is -2.23. The molecule has 2 heterocycles. The Labute approximate surface area is 151 Å². The van der Waals surface area contributed by atoms with Gasteiger partial charge in [-0.2, -0.15) is 5.10 Å². The number of amides is 1. The number of benzene rings is 1. The molecule has 0 unspecified atom stereocenters. The predicted molar refractivity (Wildman–Crippen MR) is 101 cm³/mol. The van der Waals surface area contributed by atoms with Crippen molar-refractivity contribution in [2.75, 3.05) is 7.05 Å². The number of rotatable bonds is 4. The fourth-order valence-electron chi connectivity index (χ4n) is 2.77. The largest absolute Gasteiger partial charge is 0.333 e. The highest BCUT2D eigenvalue weighted by Crippen LogP contribution is 2.23. The van der Waals surface area contributed by atoms with E-state index in [1.54, 1.807) is 18.0 Å². The Morgan fingerprint density at radius 1 is 1.15 bits per heavy atom. The van der Waals surface area contributed by atoms with E-state index in [4.69, 9.17) is 0 Å². The summed E-state index contributed by atoms with van der Waals surface area (Å²) in [5.74, 6) is -0.322. The van der Waals surface area contributed by atoms with Crippen LogP contribution in [0.15, 0.2) is 47.3 Å². The van der Waals surface area contributed by atoms with Gasteiger partial charge < -0.3 is 9.88 Å². The zero-order chi connectivity index (χ0) is 18.8. The van der Waals surface area contributed by atoms with Gasteiger partial charge in [-0.15, -0.1) is 0 Å². The molecule has 26 heavy (non-hydrogen) atoms. The first-order valence-corrected chi connectivity index (χ1v) is 8.47. The van der Waals surface area contributed by atoms with Crippen LogP contribution in [0.5, 0.6) is 0 Å². The summed E-state index contributed by atoms with van der Waals surface area (Å²) < 4.78 is 0. The molecule has 0 radical (unpaired) electrons. The van der Waals surface area contributed by atoms with E-state index in [1.165, 1.54) is 0 Å². The standard InChI is InChI=1S/C20H22N4O2/c1-12-10-16(19(25)21-13(12)2)20(26)24(4)14(3)17-11-18(23-22-17)15-8-6-5-7-9-15/h5-11,14H,1-4H3,(H,21,25)(H,22,23)/t14-/m0/s1. The fourth-order valence-corrected chi connectivity index (χ4v) is 2.77. The zero-order valence-electron chi connectivity index (χ0n) is 15.3. The van der Waals surface area contributed by atoms with Crippen LogP contribution in [0.3, 0.4) is 0 Å². The van der Waals surface area contributed by atoms with E-state index in [9.17, 15) is 9.59 Å². The van der Waals surface area contributed by atoms with E-state index in [-0.39, 0.29) is 23.1 Å². The molecule has 1 atom stereocenters. The molecule has 0 aliphatic carbocycles. The molecule has 3 rings (SSSR count). The molecule has 0 bridgehead atoms. The smallest absolute Gasteiger partial charge is 0.261 e. The summed E-state index contributed by atoms with van der Waals surface area (Å²) in [5.41, 5.74) is 4.04. The number of aromatic nitrogens is 3. The van der Waals surface area contributed by atoms with Gasteiger partial charge in [0.1, 0.15) is 5.56 Å². The molecule has 0 fully saturated rings. The molecule has 2 aromatic heterocycles. The third-order valence-corrected chi connectivity index (χ3v) is 4.75. The first-order chi connectivity index (χ1) is 12.4. The second-order valence-corrected chi connectivity index (χ2v) is 6.49. The van der Waals surface area contributed by atoms with Crippen molar-refractivity contribution in [1.29, 1.82) is 0 Å². The molecule has 0 spiro atoms. The Bertz CT molecular complexity index is 989. The van der Waals surface area contributed by atoms with Crippen molar-refractivity contribution in [3.63, 3.8) is 0 Å². The van der Waals surface area contributed by atoms with Crippen LogP contribution < -0.4 is 5.56 Å². The first-order valence-electron chi connectivity index (χ1n) is 8.47. The molecule has 0 saturated carbocycles. The summed E-state index contributed by atoms with van der Waals surface area (Å²) in [5, 5.41) is 7.33. The van der Waals surface area contributed by atoms with E-state index >= 15 is 0 Å². The maximum absolute atomic E-state index is 12.8. The quantitative estimate of drug-likeness (QED) is 0.758. The summed E-state index contributed by atoms with van der Waals surface area (Å²) in [6.45, 7) is 5.58. The lowest BCUT2D eigenvalue weighted by atomic mass is 10.1. The number of aryl methyl sites for hydroxylation is 2. The minimum absolute atomic E-state index is 0.144. The van der Waals surface area contributed by atoms with Crippen LogP contribution in [-0.2, 0) is 0 Å². The topological polar surface area (TPSA) is 81.8 Å². The normalized spacial score (nSPS) is 12.0. The van der Waals surface area contributed by atoms with Crippen molar-refractivity contribution in [1.82, 2.24) is 20.1 Å². The summed E-state index contributed by atoms with van der Waals surface area (Å²) in [4.78, 5) is 29.2. The Balaban J connectivity index is 1.85. The fraction of sp³-hybridized carbons (Fsp3) is 0.250. The lowest BCUT2D eigenvalue weighted by molar-refractivity contribution is 0.0738. The molecule has 134 valence electrons. The lowest BCUT2D eigenvalue weighted by Crippen LogP contribution is -2.34. The van der Waals surface area contributed by atoms with Crippen LogP contribution in [0.1, 0.15) is 40.3 Å². The van der Waals surface area contributed by atoms with Gasteiger partial charge in [0.05, 0.1) is 17.4 Å². The summed E-state index contributed by atoms with van der Waals surface area (Å²) in [7, 11) is 1.69. The number of H-pyrrole nitrogens is 2. The van der Waals surface area contributed by atoms with Gasteiger partial charge in [-0.05, 0) is 38.5 Å². The number of hydrogen-bond acceptors (Lipinski definition) is 3. The van der Waals surface area contributed by atoms with Crippen LogP contribution in [0.2, 0.25) is 0 Å². The molecule has 0 aliphatic heterocycles. The highest BCUT2D eigenvalue weighted by Gasteiger charge is 2.23. The van der Waals surface area contributed by atoms with Crippen molar-refractivity contribution in [2.45, 2.75) is 26.8 Å². The summed E-state index contributed by atoms with van der Waals surface area (Å²) in [6, 6.07) is 13.1. The molecule has 3 aromatic rings. The third kappa shape index (κ3) is 3.31. The molecule has 1 aromatic carbocycles. The van der Waals surface area contributed by atoms with E-state index in [0.29, 0.717) is 0 Å². The minimum atomic E-state index is -0.369. The highest BCUT2D eigenvalue weighted by molar-refractivity contribution is 5.94. The second-order valence-electron chi connectivity index (χ2n) is 6.49. The molecular formula is C20H22N4O2. The number of nitrogens with one attached hydrogen (secondary N) is 2. The third-order valence-electron chi connectivity index (χ3n) is 4.75. The summed E-state index contributed by atoms with van der Waals surface area (Å²) in [6.07, 6.45) is 0. The van der Waals surface area contributed by atoms with Gasteiger partial charge in [-0.3, -0.25) is 14.7 Å². The maximum atomic E-state index is 12.8. The Morgan fingerprint density at radius 2 is 1.85 bits per heavy atom. The van der Waals surface area contributed by atoms with Gasteiger partial charge in [0.15, 0.2) is 0 Å². The number of hydrogen-bond donors (Lipinski definition) is 2. The maximum Gasteiger partial charge on any atom is 0.261 e. The predicted octanol–water partition coefficient (Wildman–Crippen LogP) is 3.22. The SMILES string of the molecule is Cc1cc(C(=O)N(C)[C@@H](C)c2cc(-c3ccccc3)n[nH]2)c(=O)[nH]c1C. The van der Waals surface area contributed by atoms with Crippen molar-refractivity contribution in [2.24, 2.45) is 0 Å². The highest BCUT2D eigenvalue weighted by atomic mass is 16.2. The molecule has 2 N–H and O–H groups in total. The number of aromatic amines is 2. The number of carbonyl (C=O) groups excluding carboxylic acids is 1. The zero-order valence-corrected chi connectivity index (χ0v) is 15.3. The average molecular weight is 350 g/mol. The van der Waals surface area contributed by atoms with Crippen molar-refractivity contribution in [3.05, 3.63) is 75.3 Å². The van der Waals surface area contributed by atoms with E-state index in [2.05, 4.69) is 15.2 Å². The molecule has 6 heteroatoms. The Hall–Kier alpha value is -3.15. The summed E-state index contributed by atoms with van der Waals surface area (Å²) >= 11 is 0. The van der Waals surface area contributed by atoms with Crippen molar-refractivity contribution < 1.29 is 4.79 Å². The number of pyridine rings is 1. The Kier molecular flexibility index (Phi) is 4.75. The molecule has 1 amide bonds. The van der Waals surface area contributed by atoms with Gasteiger partial charge in [0.2, 0.25) is 0 Å². The van der Waals surface area contributed by atoms with Gasteiger partial charge in [-0.1, -0.05) is 30.3 Å². The van der Waals surface area contributed by atoms with E-state index in [1.807, 2.05) is 57.2 Å². The van der Waals surface area contributed by atoms with Gasteiger partial charge in [-0.25, -0.2) is 0 Å². The monoisotopic (exact) mass is 350 g/mol. The van der Waals surface area contributed by atoms with Gasteiger partial charge in [0, 0.05) is 18.3 Å². The van der Waals surface area contributed by atoms with Crippen LogP contribution in [-0.4, -0.2) is 33.0 Å². The van der Waals surface area contributed by atoms with Crippen LogP contribution in [0, 0.1) is 13.8 Å². The van der Waals surface area contributed by atoms with E-state index in [0.717, 1.165) is 28.2 Å². The van der Waals surface area contributed by atoms with Crippen LogP contribution in [0.4, 0.5) is 0 Å². The van der Waals surface area contributed by atoms with E-state index < -0.39 is 0 Å². The van der Waals surface area contributed by atoms with Gasteiger partial charge >= 0.3 is 0 Å². The molecule has 6 nitrogen and oxygen atoms in total. The minimum Gasteiger partial charge on any atom is -0.333 e. The Morgan fingerprint density at radius 3 is 2.54 bits per heavy atom. The van der Waals surface area contributed by atoms with Crippen molar-refractivity contribution >= 4 is 5.91 Å². The molecule has 0 saturated heterocycles.